The van der Waals surface area contributed by atoms with Crippen molar-refractivity contribution in [1.29, 1.82) is 0 Å². The second kappa shape index (κ2) is 9.82. The summed E-state index contributed by atoms with van der Waals surface area (Å²) < 4.78 is 43.7. The number of nitrogens with zero attached hydrogens (tertiary/aromatic N) is 2. The lowest BCUT2D eigenvalue weighted by Crippen LogP contribution is -2.42. The number of alkyl halides is 3. The normalized spacial score (nSPS) is 16.6. The highest BCUT2D eigenvalue weighted by molar-refractivity contribution is 7.19. The van der Waals surface area contributed by atoms with Gasteiger partial charge >= 0.3 is 11.9 Å². The molecule has 0 saturated carbocycles. The van der Waals surface area contributed by atoms with Crippen molar-refractivity contribution in [2.45, 2.75) is 52.4 Å². The zero-order chi connectivity index (χ0) is 26.4. The van der Waals surface area contributed by atoms with E-state index in [-0.39, 0.29) is 34.6 Å². The lowest BCUT2D eigenvalue weighted by molar-refractivity contribution is -0.138. The van der Waals surface area contributed by atoms with Gasteiger partial charge in [-0.3, -0.25) is 18.7 Å². The maximum atomic E-state index is 13.9. The first-order valence-electron chi connectivity index (χ1n) is 11.8. The van der Waals surface area contributed by atoms with E-state index in [1.807, 2.05) is 26.8 Å². The summed E-state index contributed by atoms with van der Waals surface area (Å²) in [7, 11) is 1.36. The second-order valence-electron chi connectivity index (χ2n) is 9.55. The highest BCUT2D eigenvalue weighted by Gasteiger charge is 2.35. The monoisotopic (exact) mass is 519 g/mol. The molecule has 0 radical (unpaired) electrons. The lowest BCUT2D eigenvalue weighted by atomic mass is 9.92. The molecular formula is C26H28F3N3O3S. The Hall–Kier alpha value is -2.98. The molecule has 3 heterocycles. The first-order chi connectivity index (χ1) is 16.9. The maximum absolute atomic E-state index is 13.9. The van der Waals surface area contributed by atoms with Crippen LogP contribution < -0.4 is 16.6 Å². The number of thiophene rings is 1. The van der Waals surface area contributed by atoms with Crippen molar-refractivity contribution in [2.75, 3.05) is 6.54 Å². The quantitative estimate of drug-likeness (QED) is 0.384. The van der Waals surface area contributed by atoms with Gasteiger partial charge in [0, 0.05) is 30.5 Å². The van der Waals surface area contributed by atoms with Gasteiger partial charge in [0.05, 0.1) is 17.0 Å². The molecule has 0 fully saturated rings. The van der Waals surface area contributed by atoms with Crippen LogP contribution in [0.3, 0.4) is 0 Å². The van der Waals surface area contributed by atoms with Crippen molar-refractivity contribution in [1.82, 2.24) is 14.5 Å². The molecule has 0 amide bonds. The van der Waals surface area contributed by atoms with E-state index in [1.54, 1.807) is 0 Å². The van der Waals surface area contributed by atoms with Crippen molar-refractivity contribution < 1.29 is 18.0 Å². The molecule has 1 unspecified atom stereocenters. The molecule has 1 N–H and O–H groups in total. The molecular weight excluding hydrogens is 491 g/mol. The van der Waals surface area contributed by atoms with Crippen LogP contribution in [0.4, 0.5) is 13.2 Å². The van der Waals surface area contributed by atoms with Gasteiger partial charge in [-0.15, -0.1) is 11.3 Å². The Morgan fingerprint density at radius 3 is 2.56 bits per heavy atom. The van der Waals surface area contributed by atoms with Gasteiger partial charge in [0.15, 0.2) is 5.78 Å². The molecule has 3 aromatic rings. The SMILES string of the molecule is CC1=CCCNC1C(=O)c1c(Cc2ccccc2C(F)(F)F)sc2c1c(=O)n(C)c(=O)n2CC(C)C. The van der Waals surface area contributed by atoms with Gasteiger partial charge in [-0.05, 0) is 37.4 Å². The minimum Gasteiger partial charge on any atom is -0.303 e. The van der Waals surface area contributed by atoms with Crippen molar-refractivity contribution in [3.05, 3.63) is 78.3 Å². The fourth-order valence-corrected chi connectivity index (χ4v) is 5.98. The Morgan fingerprint density at radius 2 is 1.92 bits per heavy atom. The van der Waals surface area contributed by atoms with Gasteiger partial charge in [0.25, 0.3) is 5.56 Å². The Morgan fingerprint density at radius 1 is 1.22 bits per heavy atom. The number of hydrogen-bond donors (Lipinski definition) is 1. The minimum atomic E-state index is -4.57. The number of Topliss-reactive ketones (excluding diaryl/α,β-unsaturated/α-hetero) is 1. The summed E-state index contributed by atoms with van der Waals surface area (Å²) in [6.07, 6.45) is -2.07. The number of hydrogen-bond acceptors (Lipinski definition) is 5. The van der Waals surface area contributed by atoms with Crippen LogP contribution in [-0.2, 0) is 26.2 Å². The van der Waals surface area contributed by atoms with Crippen LogP contribution in [0.25, 0.3) is 10.2 Å². The number of ketones is 1. The molecule has 10 heteroatoms. The summed E-state index contributed by atoms with van der Waals surface area (Å²) in [5, 5.41) is 3.26. The molecule has 0 saturated heterocycles. The number of halogens is 3. The molecule has 6 nitrogen and oxygen atoms in total. The Labute approximate surface area is 210 Å². The van der Waals surface area contributed by atoms with Crippen LogP contribution in [0.1, 0.15) is 53.6 Å². The number of carbonyl (C=O) groups is 1. The van der Waals surface area contributed by atoms with Gasteiger partial charge in [-0.1, -0.05) is 43.7 Å². The predicted octanol–water partition coefficient (Wildman–Crippen LogP) is 4.52. The zero-order valence-corrected chi connectivity index (χ0v) is 21.3. The summed E-state index contributed by atoms with van der Waals surface area (Å²) in [6.45, 7) is 6.52. The smallest absolute Gasteiger partial charge is 0.303 e. The Kier molecular flexibility index (Phi) is 7.12. The van der Waals surface area contributed by atoms with E-state index >= 15 is 0 Å². The fraction of sp³-hybridized carbons (Fsp3) is 0.423. The molecule has 0 bridgehead atoms. The predicted molar refractivity (Wildman–Crippen MR) is 135 cm³/mol. The van der Waals surface area contributed by atoms with Crippen molar-refractivity contribution in [2.24, 2.45) is 13.0 Å². The van der Waals surface area contributed by atoms with Crippen LogP contribution in [0, 0.1) is 5.92 Å². The summed E-state index contributed by atoms with van der Waals surface area (Å²) in [5.74, 6) is -0.315. The zero-order valence-electron chi connectivity index (χ0n) is 20.5. The third-order valence-electron chi connectivity index (χ3n) is 6.39. The van der Waals surface area contributed by atoms with Crippen LogP contribution in [0.5, 0.6) is 0 Å². The molecule has 36 heavy (non-hydrogen) atoms. The van der Waals surface area contributed by atoms with E-state index in [2.05, 4.69) is 5.32 Å². The number of rotatable bonds is 6. The van der Waals surface area contributed by atoms with Gasteiger partial charge in [0.1, 0.15) is 4.83 Å². The van der Waals surface area contributed by atoms with Gasteiger partial charge in [-0.2, -0.15) is 13.2 Å². The topological polar surface area (TPSA) is 73.1 Å². The molecule has 0 spiro atoms. The highest BCUT2D eigenvalue weighted by Crippen LogP contribution is 2.37. The molecule has 2 aromatic heterocycles. The minimum absolute atomic E-state index is 0.00375. The number of benzene rings is 1. The molecule has 1 aliphatic rings. The van der Waals surface area contributed by atoms with Crippen molar-refractivity contribution in [3.63, 3.8) is 0 Å². The van der Waals surface area contributed by atoms with Crippen LogP contribution >= 0.6 is 11.3 Å². The number of nitrogens with one attached hydrogen (secondary N) is 1. The summed E-state index contributed by atoms with van der Waals surface area (Å²) >= 11 is 1.05. The van der Waals surface area contributed by atoms with Crippen LogP contribution in [0.15, 0.2) is 45.5 Å². The molecule has 1 aromatic carbocycles. The van der Waals surface area contributed by atoms with Gasteiger partial charge in [-0.25, -0.2) is 4.79 Å². The maximum Gasteiger partial charge on any atom is 0.416 e. The summed E-state index contributed by atoms with van der Waals surface area (Å²) in [6, 6.07) is 4.53. The van der Waals surface area contributed by atoms with Crippen LogP contribution in [-0.4, -0.2) is 27.5 Å². The molecule has 0 aliphatic carbocycles. The van der Waals surface area contributed by atoms with E-state index in [1.165, 1.54) is 29.8 Å². The average Bonchev–Trinajstić information content (AvgIpc) is 3.18. The first kappa shape index (κ1) is 26.1. The van der Waals surface area contributed by atoms with E-state index in [0.29, 0.717) is 22.8 Å². The van der Waals surface area contributed by atoms with Crippen LogP contribution in [0.2, 0.25) is 0 Å². The fourth-order valence-electron chi connectivity index (χ4n) is 4.66. The number of carbonyl (C=O) groups excluding carboxylic acids is 1. The van der Waals surface area contributed by atoms with Crippen molar-refractivity contribution in [3.8, 4) is 0 Å². The summed E-state index contributed by atoms with van der Waals surface area (Å²) in [5.41, 5.74) is -1.04. The number of aromatic nitrogens is 2. The highest BCUT2D eigenvalue weighted by atomic mass is 32.1. The third kappa shape index (κ3) is 4.71. The third-order valence-corrected chi connectivity index (χ3v) is 7.60. The lowest BCUT2D eigenvalue weighted by Gasteiger charge is -2.23. The standard InChI is InChI=1S/C26H28F3N3O3S/c1-14(2)13-32-24-20(23(34)31(4)25(32)35)19(22(33)21-15(3)8-7-11-30-21)18(36-24)12-16-9-5-6-10-17(16)26(27,28)29/h5-6,8-10,14,21,30H,7,11-13H2,1-4H3. The molecule has 4 rings (SSSR count). The Balaban J connectivity index is 2.03. The largest absolute Gasteiger partial charge is 0.416 e. The van der Waals surface area contributed by atoms with E-state index in [9.17, 15) is 27.6 Å². The van der Waals surface area contributed by atoms with E-state index < -0.39 is 29.0 Å². The summed E-state index contributed by atoms with van der Waals surface area (Å²) in [4.78, 5) is 40.9. The molecule has 192 valence electrons. The second-order valence-corrected chi connectivity index (χ2v) is 10.6. The van der Waals surface area contributed by atoms with Crippen molar-refractivity contribution >= 4 is 27.3 Å². The average molecular weight is 520 g/mol. The van der Waals surface area contributed by atoms with E-state index in [0.717, 1.165) is 34.0 Å². The Bertz CT molecular complexity index is 1480. The van der Waals surface area contributed by atoms with Gasteiger partial charge < -0.3 is 5.32 Å². The van der Waals surface area contributed by atoms with Gasteiger partial charge in [0.2, 0.25) is 0 Å². The molecule has 1 atom stereocenters. The van der Waals surface area contributed by atoms with E-state index in [4.69, 9.17) is 0 Å². The first-order valence-corrected chi connectivity index (χ1v) is 12.6. The number of fused-ring (bicyclic) bond motifs is 1. The molecule has 1 aliphatic heterocycles.